The molecule has 1 aromatic rings. The second-order valence-electron chi connectivity index (χ2n) is 11.9. The Morgan fingerprint density at radius 2 is 1.54 bits per heavy atom. The van der Waals surface area contributed by atoms with Crippen LogP contribution in [-0.2, 0) is 20.4 Å². The number of piperidine rings is 1. The molecule has 0 saturated carbocycles. The van der Waals surface area contributed by atoms with Crippen LogP contribution in [0.1, 0.15) is 77.8 Å². The largest absolute Gasteiger partial charge is 0.460 e. The summed E-state index contributed by atoms with van der Waals surface area (Å²) >= 11 is 0. The number of benzene rings is 1. The van der Waals surface area contributed by atoms with Crippen LogP contribution in [0.4, 0.5) is 23.7 Å². The minimum atomic E-state index is -4.52. The van der Waals surface area contributed by atoms with E-state index in [0.717, 1.165) is 12.1 Å². The molecule has 1 N–H and O–H groups in total. The van der Waals surface area contributed by atoms with Gasteiger partial charge in [-0.2, -0.15) is 13.2 Å². The van der Waals surface area contributed by atoms with Crippen LogP contribution in [0.3, 0.4) is 0 Å². The van der Waals surface area contributed by atoms with Gasteiger partial charge in [-0.25, -0.2) is 4.79 Å². The lowest BCUT2D eigenvalue weighted by Gasteiger charge is -2.37. The van der Waals surface area contributed by atoms with Crippen LogP contribution in [-0.4, -0.2) is 65.6 Å². The van der Waals surface area contributed by atoms with Gasteiger partial charge >= 0.3 is 18.2 Å². The van der Waals surface area contributed by atoms with Crippen molar-refractivity contribution in [3.05, 3.63) is 29.3 Å². The lowest BCUT2D eigenvalue weighted by atomic mass is 9.88. The summed E-state index contributed by atoms with van der Waals surface area (Å²) in [5.74, 6) is -0.969. The fourth-order valence-corrected chi connectivity index (χ4v) is 5.04. The van der Waals surface area contributed by atoms with Crippen LogP contribution in [0.5, 0.6) is 0 Å². The maximum absolute atomic E-state index is 13.6. The van der Waals surface area contributed by atoms with E-state index in [4.69, 9.17) is 9.47 Å². The van der Waals surface area contributed by atoms with E-state index in [-0.39, 0.29) is 24.4 Å². The van der Waals surface area contributed by atoms with Crippen LogP contribution in [0.2, 0.25) is 0 Å². The number of ether oxygens (including phenoxy) is 2. The molecule has 2 saturated heterocycles. The Bertz CT molecular complexity index is 976. The fraction of sp³-hybridized carbons (Fsp3) is 0.704. The molecule has 208 valence electrons. The van der Waals surface area contributed by atoms with Gasteiger partial charge in [0.05, 0.1) is 24.1 Å². The molecular formula is C27H39F3N2O5. The van der Waals surface area contributed by atoms with Gasteiger partial charge in [0, 0.05) is 31.2 Å². The van der Waals surface area contributed by atoms with E-state index in [1.165, 1.54) is 11.0 Å². The number of likely N-dealkylation sites (tertiary alicyclic amines) is 1. The molecule has 0 aromatic heterocycles. The van der Waals surface area contributed by atoms with E-state index in [2.05, 4.69) is 0 Å². The number of rotatable bonds is 4. The molecule has 2 fully saturated rings. The number of anilines is 1. The second kappa shape index (κ2) is 10.7. The van der Waals surface area contributed by atoms with E-state index < -0.39 is 35.1 Å². The van der Waals surface area contributed by atoms with E-state index in [1.54, 1.807) is 41.5 Å². The summed E-state index contributed by atoms with van der Waals surface area (Å²) in [4.78, 5) is 28.6. The molecule has 2 unspecified atom stereocenters. The standard InChI is InChI=1S/C27H39F3N2O5/c1-25(2,3)36-23(34)17-9-12-31(13-10-17)21-15-18(27(28,29)30)7-8-19(21)20-11-14-32(22(20)16-33)24(35)37-26(4,5)6/h7-8,15,17,20,22,33H,9-14,16H2,1-6H3. The maximum atomic E-state index is 13.6. The van der Waals surface area contributed by atoms with Crippen LogP contribution in [0.25, 0.3) is 0 Å². The lowest BCUT2D eigenvalue weighted by molar-refractivity contribution is -0.160. The molecule has 0 spiro atoms. The Hall–Kier alpha value is -2.49. The van der Waals surface area contributed by atoms with Crippen LogP contribution in [0, 0.1) is 5.92 Å². The Morgan fingerprint density at radius 1 is 0.946 bits per heavy atom. The molecule has 10 heteroatoms. The van der Waals surface area contributed by atoms with Crippen molar-refractivity contribution in [1.29, 1.82) is 0 Å². The molecule has 2 aliphatic rings. The van der Waals surface area contributed by atoms with Crippen molar-refractivity contribution in [3.8, 4) is 0 Å². The third kappa shape index (κ3) is 7.30. The van der Waals surface area contributed by atoms with Crippen LogP contribution >= 0.6 is 0 Å². The van der Waals surface area contributed by atoms with Crippen molar-refractivity contribution in [2.75, 3.05) is 31.1 Å². The van der Waals surface area contributed by atoms with Crippen molar-refractivity contribution in [2.24, 2.45) is 5.92 Å². The number of hydrogen-bond donors (Lipinski definition) is 1. The first-order valence-corrected chi connectivity index (χ1v) is 12.8. The Morgan fingerprint density at radius 3 is 2.05 bits per heavy atom. The summed E-state index contributed by atoms with van der Waals surface area (Å²) < 4.78 is 51.9. The summed E-state index contributed by atoms with van der Waals surface area (Å²) in [7, 11) is 0. The molecule has 7 nitrogen and oxygen atoms in total. The number of alkyl halides is 3. The maximum Gasteiger partial charge on any atom is 0.416 e. The zero-order valence-corrected chi connectivity index (χ0v) is 22.5. The minimum Gasteiger partial charge on any atom is -0.460 e. The predicted molar refractivity (Wildman–Crippen MR) is 133 cm³/mol. The van der Waals surface area contributed by atoms with E-state index in [0.29, 0.717) is 50.1 Å². The van der Waals surface area contributed by atoms with Crippen molar-refractivity contribution >= 4 is 17.7 Å². The normalized spacial score (nSPS) is 21.8. The van der Waals surface area contributed by atoms with E-state index >= 15 is 0 Å². The van der Waals surface area contributed by atoms with Gasteiger partial charge in [-0.05, 0) is 78.5 Å². The van der Waals surface area contributed by atoms with Gasteiger partial charge < -0.3 is 24.4 Å². The number of hydrogen-bond acceptors (Lipinski definition) is 6. The van der Waals surface area contributed by atoms with Crippen molar-refractivity contribution in [1.82, 2.24) is 4.90 Å². The summed E-state index contributed by atoms with van der Waals surface area (Å²) in [5, 5.41) is 10.2. The summed E-state index contributed by atoms with van der Waals surface area (Å²) in [6, 6.07) is 3.04. The first-order chi connectivity index (χ1) is 17.0. The topological polar surface area (TPSA) is 79.3 Å². The highest BCUT2D eigenvalue weighted by atomic mass is 19.4. The van der Waals surface area contributed by atoms with Gasteiger partial charge in [0.1, 0.15) is 11.2 Å². The Balaban J connectivity index is 1.87. The number of esters is 1. The molecule has 37 heavy (non-hydrogen) atoms. The zero-order valence-electron chi connectivity index (χ0n) is 22.5. The predicted octanol–water partition coefficient (Wildman–Crippen LogP) is 5.35. The molecule has 0 aliphatic carbocycles. The number of nitrogens with zero attached hydrogens (tertiary/aromatic N) is 2. The first-order valence-electron chi connectivity index (χ1n) is 12.8. The van der Waals surface area contributed by atoms with Gasteiger partial charge in [-0.3, -0.25) is 4.79 Å². The average Bonchev–Trinajstić information content (AvgIpc) is 3.20. The third-order valence-corrected chi connectivity index (χ3v) is 6.69. The van der Waals surface area contributed by atoms with Crippen LogP contribution in [0.15, 0.2) is 18.2 Å². The third-order valence-electron chi connectivity index (χ3n) is 6.69. The number of halogens is 3. The van der Waals surface area contributed by atoms with E-state index in [1.807, 2.05) is 4.90 Å². The van der Waals surface area contributed by atoms with Crippen LogP contribution < -0.4 is 4.90 Å². The van der Waals surface area contributed by atoms with Gasteiger partial charge in [-0.15, -0.1) is 0 Å². The monoisotopic (exact) mass is 528 g/mol. The fourth-order valence-electron chi connectivity index (χ4n) is 5.04. The highest BCUT2D eigenvalue weighted by Gasteiger charge is 2.42. The quantitative estimate of drug-likeness (QED) is 0.531. The second-order valence-corrected chi connectivity index (χ2v) is 11.9. The molecule has 3 rings (SSSR count). The van der Waals surface area contributed by atoms with Gasteiger partial charge in [0.15, 0.2) is 0 Å². The molecule has 0 radical (unpaired) electrons. The molecule has 0 bridgehead atoms. The molecule has 2 heterocycles. The van der Waals surface area contributed by atoms with Crippen molar-refractivity contribution < 1.29 is 37.3 Å². The number of carbonyl (C=O) groups is 2. The molecular weight excluding hydrogens is 489 g/mol. The number of aliphatic hydroxyl groups excluding tert-OH is 1. The van der Waals surface area contributed by atoms with E-state index in [9.17, 15) is 27.9 Å². The first kappa shape index (κ1) is 29.1. The molecule has 2 atom stereocenters. The number of aliphatic hydroxyl groups is 1. The smallest absolute Gasteiger partial charge is 0.416 e. The highest BCUT2D eigenvalue weighted by molar-refractivity contribution is 5.73. The van der Waals surface area contributed by atoms with Crippen molar-refractivity contribution in [2.45, 2.75) is 90.1 Å². The van der Waals surface area contributed by atoms with Crippen molar-refractivity contribution in [3.63, 3.8) is 0 Å². The number of carbonyl (C=O) groups excluding carboxylic acids is 2. The zero-order chi connectivity index (χ0) is 27.8. The Labute approximate surface area is 216 Å². The average molecular weight is 529 g/mol. The van der Waals surface area contributed by atoms with Gasteiger partial charge in [0.2, 0.25) is 0 Å². The summed E-state index contributed by atoms with van der Waals surface area (Å²) in [5.41, 5.74) is -1.01. The molecule has 2 aliphatic heterocycles. The Kier molecular flexibility index (Phi) is 8.41. The molecule has 1 amide bonds. The number of amides is 1. The summed E-state index contributed by atoms with van der Waals surface area (Å²) in [6.07, 6.45) is -3.67. The minimum absolute atomic E-state index is 0.291. The SMILES string of the molecule is CC(C)(C)OC(=O)C1CCN(c2cc(C(F)(F)F)ccc2C2CCN(C(=O)OC(C)(C)C)C2CO)CC1. The van der Waals surface area contributed by atoms with Gasteiger partial charge in [-0.1, -0.05) is 6.07 Å². The van der Waals surface area contributed by atoms with Gasteiger partial charge in [0.25, 0.3) is 0 Å². The lowest BCUT2D eigenvalue weighted by Crippen LogP contribution is -2.43. The molecule has 1 aromatic carbocycles. The summed E-state index contributed by atoms with van der Waals surface area (Å²) in [6.45, 7) is 11.4. The highest BCUT2D eigenvalue weighted by Crippen LogP contribution is 2.42.